The number of nitriles is 1. The number of hydrogen-bond acceptors (Lipinski definition) is 4. The van der Waals surface area contributed by atoms with E-state index in [1.807, 2.05) is 20.8 Å². The second-order valence-corrected chi connectivity index (χ2v) is 4.98. The van der Waals surface area contributed by atoms with Crippen LogP contribution in [0.25, 0.3) is 0 Å². The van der Waals surface area contributed by atoms with Gasteiger partial charge in [-0.3, -0.25) is 0 Å². The Hall–Kier alpha value is -0.630. The molecule has 94 valence electrons. The van der Waals surface area contributed by atoms with Crippen molar-refractivity contribution in [1.29, 1.82) is 5.26 Å². The Labute approximate surface area is 98.3 Å². The van der Waals surface area contributed by atoms with Gasteiger partial charge < -0.3 is 15.5 Å². The molecule has 0 spiro atoms. The first-order valence-corrected chi connectivity index (χ1v) is 5.83. The smallest absolute Gasteiger partial charge is 0.0683 e. The van der Waals surface area contributed by atoms with Gasteiger partial charge in [0, 0.05) is 0 Å². The lowest BCUT2D eigenvalue weighted by atomic mass is 9.89. The molecule has 0 amide bonds. The van der Waals surface area contributed by atoms with Crippen molar-refractivity contribution in [3.63, 3.8) is 0 Å². The molecule has 0 aromatic rings. The molecule has 0 bridgehead atoms. The van der Waals surface area contributed by atoms with Gasteiger partial charge in [0.15, 0.2) is 0 Å². The van der Waals surface area contributed by atoms with Gasteiger partial charge in [0.05, 0.1) is 30.2 Å². The van der Waals surface area contributed by atoms with Gasteiger partial charge in [0.1, 0.15) is 0 Å². The molecule has 0 fully saturated rings. The number of aliphatic hydroxyl groups excluding tert-OH is 2. The standard InChI is InChI=1S/C12H24N2O2/c1-4-12(9-15,10-16)14-7-5-6-11(2,3)8-13/h14-16H,4-7,9-10H2,1-3H3. The predicted molar refractivity (Wildman–Crippen MR) is 63.8 cm³/mol. The van der Waals surface area contributed by atoms with Crippen molar-refractivity contribution in [2.75, 3.05) is 19.8 Å². The Balaban J connectivity index is 3.94. The molecular weight excluding hydrogens is 204 g/mol. The molecule has 0 radical (unpaired) electrons. The highest BCUT2D eigenvalue weighted by atomic mass is 16.3. The third-order valence-corrected chi connectivity index (χ3v) is 3.06. The van der Waals surface area contributed by atoms with Crippen LogP contribution >= 0.6 is 0 Å². The van der Waals surface area contributed by atoms with Crippen LogP contribution in [-0.4, -0.2) is 35.5 Å². The normalized spacial score (nSPS) is 12.5. The lowest BCUT2D eigenvalue weighted by Crippen LogP contribution is -2.51. The fourth-order valence-corrected chi connectivity index (χ4v) is 1.45. The first-order chi connectivity index (χ1) is 7.45. The molecule has 16 heavy (non-hydrogen) atoms. The van der Waals surface area contributed by atoms with E-state index in [0.29, 0.717) is 13.0 Å². The van der Waals surface area contributed by atoms with Crippen LogP contribution < -0.4 is 5.32 Å². The number of aliphatic hydroxyl groups is 2. The largest absolute Gasteiger partial charge is 0.394 e. The van der Waals surface area contributed by atoms with Crippen LogP contribution in [0.2, 0.25) is 0 Å². The van der Waals surface area contributed by atoms with Crippen molar-refractivity contribution in [2.24, 2.45) is 5.41 Å². The van der Waals surface area contributed by atoms with E-state index in [0.717, 1.165) is 12.8 Å². The third-order valence-electron chi connectivity index (χ3n) is 3.06. The second kappa shape index (κ2) is 6.85. The van der Waals surface area contributed by atoms with E-state index in [1.165, 1.54) is 0 Å². The lowest BCUT2D eigenvalue weighted by molar-refractivity contribution is 0.0872. The summed E-state index contributed by atoms with van der Waals surface area (Å²) >= 11 is 0. The summed E-state index contributed by atoms with van der Waals surface area (Å²) in [5.74, 6) is 0. The molecule has 0 aliphatic carbocycles. The van der Waals surface area contributed by atoms with Gasteiger partial charge in [-0.1, -0.05) is 6.92 Å². The first-order valence-electron chi connectivity index (χ1n) is 5.83. The molecular formula is C12H24N2O2. The fraction of sp³-hybridized carbons (Fsp3) is 0.917. The summed E-state index contributed by atoms with van der Waals surface area (Å²) in [6.45, 7) is 6.33. The maximum Gasteiger partial charge on any atom is 0.0683 e. The zero-order valence-corrected chi connectivity index (χ0v) is 10.6. The average Bonchev–Trinajstić information content (AvgIpc) is 2.30. The molecule has 0 saturated heterocycles. The van der Waals surface area contributed by atoms with Crippen molar-refractivity contribution in [3.05, 3.63) is 0 Å². The number of nitrogens with zero attached hydrogens (tertiary/aromatic N) is 1. The average molecular weight is 228 g/mol. The minimum absolute atomic E-state index is 0.0678. The van der Waals surface area contributed by atoms with Gasteiger partial charge in [-0.05, 0) is 39.7 Å². The molecule has 0 aliphatic rings. The van der Waals surface area contributed by atoms with Crippen molar-refractivity contribution in [3.8, 4) is 6.07 Å². The molecule has 4 heteroatoms. The van der Waals surface area contributed by atoms with E-state index >= 15 is 0 Å². The van der Waals surface area contributed by atoms with Crippen LogP contribution in [0.1, 0.15) is 40.0 Å². The quantitative estimate of drug-likeness (QED) is 0.543. The zero-order valence-electron chi connectivity index (χ0n) is 10.6. The summed E-state index contributed by atoms with van der Waals surface area (Å²) < 4.78 is 0. The van der Waals surface area contributed by atoms with Crippen LogP contribution in [0.3, 0.4) is 0 Å². The van der Waals surface area contributed by atoms with Gasteiger partial charge in [-0.25, -0.2) is 0 Å². The number of hydrogen-bond donors (Lipinski definition) is 3. The van der Waals surface area contributed by atoms with Crippen LogP contribution in [0.4, 0.5) is 0 Å². The Morgan fingerprint density at radius 2 is 1.81 bits per heavy atom. The van der Waals surface area contributed by atoms with Gasteiger partial charge >= 0.3 is 0 Å². The van der Waals surface area contributed by atoms with Crippen LogP contribution in [0.15, 0.2) is 0 Å². The van der Waals surface area contributed by atoms with Crippen molar-refractivity contribution in [1.82, 2.24) is 5.32 Å². The van der Waals surface area contributed by atoms with Crippen molar-refractivity contribution >= 4 is 0 Å². The minimum Gasteiger partial charge on any atom is -0.394 e. The summed E-state index contributed by atoms with van der Waals surface area (Å²) in [6, 6.07) is 2.25. The van der Waals surface area contributed by atoms with E-state index in [4.69, 9.17) is 5.26 Å². The predicted octanol–water partition coefficient (Wildman–Crippen LogP) is 1.04. The zero-order chi connectivity index (χ0) is 12.7. The van der Waals surface area contributed by atoms with E-state index in [1.54, 1.807) is 0 Å². The van der Waals surface area contributed by atoms with E-state index in [-0.39, 0.29) is 18.6 Å². The fourth-order valence-electron chi connectivity index (χ4n) is 1.45. The van der Waals surface area contributed by atoms with E-state index < -0.39 is 5.54 Å². The second-order valence-electron chi connectivity index (χ2n) is 4.98. The van der Waals surface area contributed by atoms with Crippen molar-refractivity contribution in [2.45, 2.75) is 45.6 Å². The van der Waals surface area contributed by atoms with E-state index in [9.17, 15) is 10.2 Å². The van der Waals surface area contributed by atoms with E-state index in [2.05, 4.69) is 11.4 Å². The van der Waals surface area contributed by atoms with Crippen LogP contribution in [0, 0.1) is 16.7 Å². The Morgan fingerprint density at radius 1 is 1.25 bits per heavy atom. The van der Waals surface area contributed by atoms with Gasteiger partial charge in [-0.15, -0.1) is 0 Å². The molecule has 0 heterocycles. The van der Waals surface area contributed by atoms with Crippen molar-refractivity contribution < 1.29 is 10.2 Å². The lowest BCUT2D eigenvalue weighted by Gasteiger charge is -2.30. The first kappa shape index (κ1) is 15.4. The monoisotopic (exact) mass is 228 g/mol. The Bertz CT molecular complexity index is 221. The summed E-state index contributed by atoms with van der Waals surface area (Å²) in [6.07, 6.45) is 2.36. The molecule has 0 aromatic heterocycles. The maximum atomic E-state index is 9.21. The van der Waals surface area contributed by atoms with Crippen LogP contribution in [0.5, 0.6) is 0 Å². The Kier molecular flexibility index (Phi) is 6.58. The van der Waals surface area contributed by atoms with Gasteiger partial charge in [0.25, 0.3) is 0 Å². The summed E-state index contributed by atoms with van der Waals surface area (Å²) in [5.41, 5.74) is -0.869. The molecule has 0 saturated carbocycles. The summed E-state index contributed by atoms with van der Waals surface area (Å²) in [5, 5.41) is 30.4. The minimum atomic E-state index is -0.573. The van der Waals surface area contributed by atoms with Gasteiger partial charge in [-0.2, -0.15) is 5.26 Å². The molecule has 0 aromatic carbocycles. The number of rotatable bonds is 8. The summed E-state index contributed by atoms with van der Waals surface area (Å²) in [7, 11) is 0. The highest BCUT2D eigenvalue weighted by Gasteiger charge is 2.25. The third kappa shape index (κ3) is 4.93. The molecule has 0 unspecified atom stereocenters. The molecule has 0 rings (SSSR count). The maximum absolute atomic E-state index is 9.21. The summed E-state index contributed by atoms with van der Waals surface area (Å²) in [4.78, 5) is 0. The molecule has 3 N–H and O–H groups in total. The topological polar surface area (TPSA) is 76.3 Å². The molecule has 0 aliphatic heterocycles. The van der Waals surface area contributed by atoms with Crippen LogP contribution in [-0.2, 0) is 0 Å². The molecule has 0 atom stereocenters. The van der Waals surface area contributed by atoms with Gasteiger partial charge in [0.2, 0.25) is 0 Å². The highest BCUT2D eigenvalue weighted by molar-refractivity contribution is 4.92. The number of nitrogens with one attached hydrogen (secondary N) is 1. The Morgan fingerprint density at radius 3 is 2.19 bits per heavy atom. The highest BCUT2D eigenvalue weighted by Crippen LogP contribution is 2.20. The molecule has 4 nitrogen and oxygen atoms in total. The SMILES string of the molecule is CCC(CO)(CO)NCCCC(C)(C)C#N.